The van der Waals surface area contributed by atoms with Crippen LogP contribution in [-0.4, -0.2) is 36.2 Å². The third kappa shape index (κ3) is 2.57. The largest absolute Gasteiger partial charge is 0.454 e. The second-order valence-corrected chi connectivity index (χ2v) is 5.03. The Morgan fingerprint density at radius 1 is 1.24 bits per heavy atom. The van der Waals surface area contributed by atoms with Gasteiger partial charge in [0.05, 0.1) is 13.2 Å². The molecule has 2 aliphatic rings. The minimum absolute atomic E-state index is 0.251. The highest BCUT2D eigenvalue weighted by Gasteiger charge is 2.18. The van der Waals surface area contributed by atoms with Crippen molar-refractivity contribution in [2.24, 2.45) is 0 Å². The number of rotatable bonds is 4. The van der Waals surface area contributed by atoms with E-state index in [2.05, 4.69) is 15.5 Å². The van der Waals surface area contributed by atoms with Crippen molar-refractivity contribution in [1.29, 1.82) is 0 Å². The third-order valence-electron chi connectivity index (χ3n) is 3.57. The van der Waals surface area contributed by atoms with Crippen LogP contribution in [0, 0.1) is 0 Å². The molecule has 1 aromatic carbocycles. The highest BCUT2D eigenvalue weighted by Crippen LogP contribution is 2.35. The zero-order chi connectivity index (χ0) is 14.1. The van der Waals surface area contributed by atoms with Crippen LogP contribution in [0.1, 0.15) is 12.2 Å². The van der Waals surface area contributed by atoms with Gasteiger partial charge in [-0.3, -0.25) is 0 Å². The topological polar surface area (TPSA) is 78.6 Å². The molecular weight excluding hydrogens is 274 g/mol. The van der Waals surface area contributed by atoms with E-state index in [-0.39, 0.29) is 6.79 Å². The van der Waals surface area contributed by atoms with E-state index in [4.69, 9.17) is 18.7 Å². The highest BCUT2D eigenvalue weighted by atomic mass is 16.7. The van der Waals surface area contributed by atoms with Crippen molar-refractivity contribution >= 4 is 0 Å². The van der Waals surface area contributed by atoms with Gasteiger partial charge in [0.25, 0.3) is 5.89 Å². The van der Waals surface area contributed by atoms with Gasteiger partial charge in [0, 0.05) is 18.2 Å². The molecule has 0 bridgehead atoms. The van der Waals surface area contributed by atoms with Gasteiger partial charge in [0.2, 0.25) is 6.79 Å². The van der Waals surface area contributed by atoms with Gasteiger partial charge in [-0.15, -0.1) is 0 Å². The average molecular weight is 289 g/mol. The first-order valence-corrected chi connectivity index (χ1v) is 6.92. The normalized spacial score (nSPS) is 20.1. The first kappa shape index (κ1) is 12.6. The second-order valence-electron chi connectivity index (χ2n) is 5.03. The van der Waals surface area contributed by atoms with Crippen LogP contribution in [0.2, 0.25) is 0 Å². The molecule has 2 aliphatic heterocycles. The predicted octanol–water partition coefficient (Wildman–Crippen LogP) is 1.34. The molecule has 0 spiro atoms. The Hall–Kier alpha value is -2.12. The van der Waals surface area contributed by atoms with Crippen molar-refractivity contribution in [3.8, 4) is 23.0 Å². The fourth-order valence-corrected chi connectivity index (χ4v) is 2.40. The molecule has 0 amide bonds. The SMILES string of the molecule is c1cc2c(cc1-c1nc(CN[C@H]3CCOC3)no1)OCO2. The maximum Gasteiger partial charge on any atom is 0.258 e. The maximum absolute atomic E-state index is 5.34. The molecule has 110 valence electrons. The predicted molar refractivity (Wildman–Crippen MR) is 71.9 cm³/mol. The van der Waals surface area contributed by atoms with Gasteiger partial charge in [0.1, 0.15) is 0 Å². The van der Waals surface area contributed by atoms with E-state index in [1.807, 2.05) is 18.2 Å². The van der Waals surface area contributed by atoms with Crippen molar-refractivity contribution in [3.63, 3.8) is 0 Å². The molecule has 4 rings (SSSR count). The van der Waals surface area contributed by atoms with Crippen LogP contribution in [0.25, 0.3) is 11.5 Å². The van der Waals surface area contributed by atoms with Gasteiger partial charge in [-0.1, -0.05) is 5.16 Å². The molecule has 21 heavy (non-hydrogen) atoms. The summed E-state index contributed by atoms with van der Waals surface area (Å²) in [6, 6.07) is 5.94. The average Bonchev–Trinajstić information content (AvgIpc) is 3.25. The zero-order valence-corrected chi connectivity index (χ0v) is 11.4. The number of aromatic nitrogens is 2. The van der Waals surface area contributed by atoms with Crippen LogP contribution >= 0.6 is 0 Å². The van der Waals surface area contributed by atoms with Gasteiger partial charge < -0.3 is 24.1 Å². The number of hydrogen-bond donors (Lipinski definition) is 1. The van der Waals surface area contributed by atoms with E-state index in [1.165, 1.54) is 0 Å². The molecule has 1 atom stereocenters. The highest BCUT2D eigenvalue weighted by molar-refractivity contribution is 5.60. The number of ether oxygens (including phenoxy) is 3. The molecule has 2 aromatic rings. The van der Waals surface area contributed by atoms with Gasteiger partial charge in [-0.2, -0.15) is 4.98 Å². The molecule has 0 radical (unpaired) electrons. The van der Waals surface area contributed by atoms with Crippen LogP contribution in [0.15, 0.2) is 22.7 Å². The smallest absolute Gasteiger partial charge is 0.258 e. The summed E-state index contributed by atoms with van der Waals surface area (Å²) in [7, 11) is 0. The lowest BCUT2D eigenvalue weighted by atomic mass is 10.2. The summed E-state index contributed by atoms with van der Waals surface area (Å²) in [6.45, 7) is 2.38. The molecule has 7 heteroatoms. The van der Waals surface area contributed by atoms with Crippen molar-refractivity contribution in [3.05, 3.63) is 24.0 Å². The third-order valence-corrected chi connectivity index (χ3v) is 3.57. The summed E-state index contributed by atoms with van der Waals surface area (Å²) in [4.78, 5) is 4.39. The van der Waals surface area contributed by atoms with E-state index < -0.39 is 0 Å². The van der Waals surface area contributed by atoms with Crippen LogP contribution in [0.3, 0.4) is 0 Å². The summed E-state index contributed by atoms with van der Waals surface area (Å²) in [5.41, 5.74) is 0.821. The van der Waals surface area contributed by atoms with E-state index >= 15 is 0 Å². The van der Waals surface area contributed by atoms with Crippen molar-refractivity contribution < 1.29 is 18.7 Å². The Kier molecular flexibility index (Phi) is 3.21. The van der Waals surface area contributed by atoms with Gasteiger partial charge in [-0.05, 0) is 24.6 Å². The van der Waals surface area contributed by atoms with Gasteiger partial charge in [-0.25, -0.2) is 0 Å². The second kappa shape index (κ2) is 5.34. The fraction of sp³-hybridized carbons (Fsp3) is 0.429. The monoisotopic (exact) mass is 289 g/mol. The van der Waals surface area contributed by atoms with Crippen LogP contribution in [-0.2, 0) is 11.3 Å². The Labute approximate surface area is 121 Å². The van der Waals surface area contributed by atoms with Gasteiger partial charge in [0.15, 0.2) is 17.3 Å². The zero-order valence-electron chi connectivity index (χ0n) is 11.4. The quantitative estimate of drug-likeness (QED) is 0.910. The van der Waals surface area contributed by atoms with E-state index in [1.54, 1.807) is 0 Å². The summed E-state index contributed by atoms with van der Waals surface area (Å²) in [5.74, 6) is 2.55. The Bertz CT molecular complexity index is 637. The molecule has 0 saturated carbocycles. The van der Waals surface area contributed by atoms with Crippen LogP contribution in [0.5, 0.6) is 11.5 Å². The van der Waals surface area contributed by atoms with Crippen molar-refractivity contribution in [2.45, 2.75) is 19.0 Å². The van der Waals surface area contributed by atoms with E-state index in [0.717, 1.165) is 30.9 Å². The lowest BCUT2D eigenvalue weighted by Crippen LogP contribution is -2.28. The van der Waals surface area contributed by atoms with Crippen molar-refractivity contribution in [1.82, 2.24) is 15.5 Å². The molecular formula is C14H15N3O4. The molecule has 3 heterocycles. The maximum atomic E-state index is 5.34. The van der Waals surface area contributed by atoms with Gasteiger partial charge >= 0.3 is 0 Å². The lowest BCUT2D eigenvalue weighted by Gasteiger charge is -2.06. The van der Waals surface area contributed by atoms with Crippen molar-refractivity contribution in [2.75, 3.05) is 20.0 Å². The van der Waals surface area contributed by atoms with Crippen LogP contribution in [0.4, 0.5) is 0 Å². The summed E-state index contributed by atoms with van der Waals surface area (Å²) >= 11 is 0. The minimum atomic E-state index is 0.251. The number of benzene rings is 1. The molecule has 0 aliphatic carbocycles. The van der Waals surface area contributed by atoms with Crippen LogP contribution < -0.4 is 14.8 Å². The first-order chi connectivity index (χ1) is 10.4. The molecule has 1 fully saturated rings. The minimum Gasteiger partial charge on any atom is -0.454 e. The van der Waals surface area contributed by atoms with E-state index in [0.29, 0.717) is 30.1 Å². The molecule has 1 saturated heterocycles. The summed E-state index contributed by atoms with van der Waals surface area (Å²) in [5, 5.41) is 7.34. The Morgan fingerprint density at radius 3 is 3.10 bits per heavy atom. The Morgan fingerprint density at radius 2 is 2.19 bits per heavy atom. The number of hydrogen-bond acceptors (Lipinski definition) is 7. The number of nitrogens with zero attached hydrogens (tertiary/aromatic N) is 2. The lowest BCUT2D eigenvalue weighted by molar-refractivity contribution is 0.174. The van der Waals surface area contributed by atoms with E-state index in [9.17, 15) is 0 Å². The number of nitrogens with one attached hydrogen (secondary N) is 1. The fourth-order valence-electron chi connectivity index (χ4n) is 2.40. The molecule has 0 unspecified atom stereocenters. The number of fused-ring (bicyclic) bond motifs is 1. The summed E-state index contributed by atoms with van der Waals surface area (Å²) in [6.07, 6.45) is 1.02. The molecule has 7 nitrogen and oxygen atoms in total. The molecule has 1 aromatic heterocycles. The first-order valence-electron chi connectivity index (χ1n) is 6.92. The standard InChI is InChI=1S/C14H15N3O4/c1-2-11-12(20-8-19-11)5-9(1)14-16-13(17-21-14)6-15-10-3-4-18-7-10/h1-2,5,10,15H,3-4,6-8H2/t10-/m0/s1. The summed E-state index contributed by atoms with van der Waals surface area (Å²) < 4.78 is 21.2. The Balaban J connectivity index is 1.46. The molecule has 1 N–H and O–H groups in total.